The van der Waals surface area contributed by atoms with Crippen LogP contribution < -0.4 is 37.6 Å². The van der Waals surface area contributed by atoms with Gasteiger partial charge in [-0.1, -0.05) is 34.1 Å². The fourth-order valence-electron chi connectivity index (χ4n) is 4.23. The molecule has 6 amide bonds. The first-order chi connectivity index (χ1) is 22.4. The van der Waals surface area contributed by atoms with E-state index < -0.39 is 115 Å². The van der Waals surface area contributed by atoms with Crippen molar-refractivity contribution in [1.82, 2.24) is 31.9 Å². The number of hydrogen-bond donors (Lipinski definition) is 11. The second kappa shape index (κ2) is 22.2. The average molecular weight is 708 g/mol. The maximum absolute atomic E-state index is 13.3. The Hall–Kier alpha value is -3.52. The number of carboxylic acids is 1. The summed E-state index contributed by atoms with van der Waals surface area (Å²) in [6.45, 7) is 7.57. The summed E-state index contributed by atoms with van der Waals surface area (Å²) < 4.78 is 0. The molecule has 0 heterocycles. The van der Waals surface area contributed by atoms with E-state index in [4.69, 9.17) is 5.73 Å². The highest BCUT2D eigenvalue weighted by atomic mass is 32.2. The number of rotatable bonds is 22. The van der Waals surface area contributed by atoms with E-state index in [2.05, 4.69) is 31.9 Å². The van der Waals surface area contributed by atoms with Crippen molar-refractivity contribution in [1.29, 1.82) is 0 Å². The number of aliphatic hydroxyl groups excluding tert-OH is 3. The number of nitrogens with two attached hydrogens (primary N) is 1. The van der Waals surface area contributed by atoms with Crippen molar-refractivity contribution in [2.75, 3.05) is 25.2 Å². The van der Waals surface area contributed by atoms with E-state index in [0.29, 0.717) is 12.2 Å². The van der Waals surface area contributed by atoms with E-state index in [1.54, 1.807) is 34.0 Å². The van der Waals surface area contributed by atoms with Gasteiger partial charge in [-0.2, -0.15) is 11.8 Å². The molecule has 9 atom stereocenters. The van der Waals surface area contributed by atoms with Gasteiger partial charge < -0.3 is 58.1 Å². The molecule has 12 N–H and O–H groups in total. The molecule has 0 rings (SSSR count). The number of nitrogens with one attached hydrogen (secondary N) is 6. The molecule has 0 saturated heterocycles. The van der Waals surface area contributed by atoms with Gasteiger partial charge in [0.15, 0.2) is 0 Å². The molecule has 0 aliphatic rings. The third-order valence-electron chi connectivity index (χ3n) is 7.41. The maximum atomic E-state index is 13.3. The van der Waals surface area contributed by atoms with Crippen LogP contribution in [0.3, 0.4) is 0 Å². The molecule has 0 saturated carbocycles. The third kappa shape index (κ3) is 14.7. The zero-order chi connectivity index (χ0) is 37.3. The van der Waals surface area contributed by atoms with Crippen LogP contribution in [0.25, 0.3) is 0 Å². The highest BCUT2D eigenvalue weighted by Gasteiger charge is 2.36. The molecule has 0 aliphatic heterocycles. The van der Waals surface area contributed by atoms with E-state index in [1.807, 2.05) is 0 Å². The van der Waals surface area contributed by atoms with Crippen LogP contribution in [0.2, 0.25) is 0 Å². The van der Waals surface area contributed by atoms with Gasteiger partial charge in [-0.05, 0) is 44.1 Å². The van der Waals surface area contributed by atoms with Gasteiger partial charge in [0, 0.05) is 0 Å². The fourth-order valence-corrected chi connectivity index (χ4v) is 4.70. The van der Waals surface area contributed by atoms with Crippen LogP contribution in [0.5, 0.6) is 0 Å². The minimum Gasteiger partial charge on any atom is -0.480 e. The van der Waals surface area contributed by atoms with Gasteiger partial charge in [0.25, 0.3) is 0 Å². The fraction of sp³-hybridized carbons (Fsp3) is 0.759. The van der Waals surface area contributed by atoms with Crippen LogP contribution >= 0.6 is 11.8 Å². The van der Waals surface area contributed by atoms with E-state index in [-0.39, 0.29) is 6.42 Å². The lowest BCUT2D eigenvalue weighted by Gasteiger charge is -2.29. The molecule has 0 aromatic heterocycles. The Labute approximate surface area is 284 Å². The van der Waals surface area contributed by atoms with Crippen molar-refractivity contribution >= 4 is 53.2 Å². The smallest absolute Gasteiger partial charge is 0.326 e. The number of aliphatic carboxylic acids is 1. The van der Waals surface area contributed by atoms with E-state index in [9.17, 15) is 54.0 Å². The number of thioether (sulfide) groups is 1. The van der Waals surface area contributed by atoms with Crippen molar-refractivity contribution in [3.63, 3.8) is 0 Å². The SMILES string of the molecule is CC[C@H](C)[C@H](NC(=O)[C@@H](NC(=O)[C@@H](NC(=O)[C@H](CO)NC(=O)[C@H](CCSC)NC(=O)[C@@H](NC(=O)CN)[C@@H](C)O)C(C)C)[C@@H](C)O)C(=O)O. The minimum absolute atomic E-state index is 0.0649. The monoisotopic (exact) mass is 707 g/mol. The lowest BCUT2D eigenvalue weighted by Crippen LogP contribution is -2.62. The number of carbonyl (C=O) groups excluding carboxylic acids is 6. The van der Waals surface area contributed by atoms with Gasteiger partial charge in [0.1, 0.15) is 36.3 Å². The number of amides is 6. The second-order valence-corrected chi connectivity index (χ2v) is 12.7. The van der Waals surface area contributed by atoms with Crippen LogP contribution in [-0.2, 0) is 33.6 Å². The lowest BCUT2D eigenvalue weighted by atomic mass is 9.98. The molecule has 19 heteroatoms. The average Bonchev–Trinajstić information content (AvgIpc) is 3.02. The first-order valence-electron chi connectivity index (χ1n) is 15.6. The van der Waals surface area contributed by atoms with Crippen molar-refractivity contribution in [2.45, 2.75) is 103 Å². The predicted octanol–water partition coefficient (Wildman–Crippen LogP) is -3.85. The summed E-state index contributed by atoms with van der Waals surface area (Å²) in [6.07, 6.45) is -0.570. The minimum atomic E-state index is -1.60. The summed E-state index contributed by atoms with van der Waals surface area (Å²) >= 11 is 1.35. The summed E-state index contributed by atoms with van der Waals surface area (Å²) in [5, 5.41) is 53.8. The Morgan fingerprint density at radius 3 is 1.54 bits per heavy atom. The second-order valence-electron chi connectivity index (χ2n) is 11.7. The summed E-state index contributed by atoms with van der Waals surface area (Å²) in [7, 11) is 0. The zero-order valence-electron chi connectivity index (χ0n) is 28.4. The predicted molar refractivity (Wildman–Crippen MR) is 176 cm³/mol. The molecule has 0 aromatic carbocycles. The van der Waals surface area contributed by atoms with Gasteiger partial charge in [-0.25, -0.2) is 4.79 Å². The van der Waals surface area contributed by atoms with Gasteiger partial charge in [-0.15, -0.1) is 0 Å². The molecular formula is C29H53N7O11S. The zero-order valence-corrected chi connectivity index (χ0v) is 29.3. The molecule has 0 spiro atoms. The first kappa shape index (κ1) is 44.5. The maximum Gasteiger partial charge on any atom is 0.326 e. The molecule has 18 nitrogen and oxygen atoms in total. The normalized spacial score (nSPS) is 16.8. The lowest BCUT2D eigenvalue weighted by molar-refractivity contribution is -0.144. The summed E-state index contributed by atoms with van der Waals surface area (Å²) in [5.74, 6) is -7.36. The Balaban J connectivity index is 5.87. The Bertz CT molecular complexity index is 1110. The van der Waals surface area contributed by atoms with Crippen LogP contribution in [0, 0.1) is 11.8 Å². The highest BCUT2D eigenvalue weighted by Crippen LogP contribution is 2.10. The van der Waals surface area contributed by atoms with E-state index in [1.165, 1.54) is 25.6 Å². The molecule has 0 radical (unpaired) electrons. The molecule has 276 valence electrons. The van der Waals surface area contributed by atoms with Gasteiger partial charge in [0.05, 0.1) is 25.4 Å². The number of hydrogen-bond acceptors (Lipinski definition) is 12. The van der Waals surface area contributed by atoms with Crippen molar-refractivity contribution < 1.29 is 54.0 Å². The largest absolute Gasteiger partial charge is 0.480 e. The van der Waals surface area contributed by atoms with E-state index >= 15 is 0 Å². The Kier molecular flexibility index (Phi) is 20.6. The van der Waals surface area contributed by atoms with Crippen LogP contribution in [0.4, 0.5) is 0 Å². The van der Waals surface area contributed by atoms with Crippen molar-refractivity contribution in [3.8, 4) is 0 Å². The number of aliphatic hydroxyl groups is 3. The Morgan fingerprint density at radius 1 is 0.667 bits per heavy atom. The van der Waals surface area contributed by atoms with Crippen LogP contribution in [0.1, 0.15) is 54.4 Å². The van der Waals surface area contributed by atoms with Gasteiger partial charge in [0.2, 0.25) is 35.4 Å². The molecule has 0 aliphatic carbocycles. The van der Waals surface area contributed by atoms with Crippen molar-refractivity contribution in [3.05, 3.63) is 0 Å². The first-order valence-corrected chi connectivity index (χ1v) is 17.0. The number of carbonyl (C=O) groups is 7. The summed E-state index contributed by atoms with van der Waals surface area (Å²) in [6, 6.07) is -8.52. The van der Waals surface area contributed by atoms with Crippen molar-refractivity contribution in [2.24, 2.45) is 17.6 Å². The highest BCUT2D eigenvalue weighted by molar-refractivity contribution is 7.98. The van der Waals surface area contributed by atoms with Gasteiger partial charge in [-0.3, -0.25) is 28.8 Å². The Morgan fingerprint density at radius 2 is 1.10 bits per heavy atom. The van der Waals surface area contributed by atoms with Crippen LogP contribution in [0.15, 0.2) is 0 Å². The molecular weight excluding hydrogens is 654 g/mol. The van der Waals surface area contributed by atoms with Crippen LogP contribution in [-0.4, -0.2) is 135 Å². The summed E-state index contributed by atoms with van der Waals surface area (Å²) in [5.41, 5.74) is 5.27. The quantitative estimate of drug-likeness (QED) is 0.0514. The number of carboxylic acid groups (broad SMARTS) is 1. The molecule has 0 unspecified atom stereocenters. The molecule has 48 heavy (non-hydrogen) atoms. The molecule has 0 fully saturated rings. The van der Waals surface area contributed by atoms with Gasteiger partial charge >= 0.3 is 5.97 Å². The topological polar surface area (TPSA) is 299 Å². The standard InChI is InChI=1S/C29H53N7O11S/c1-8-14(4)21(29(46)47)35-28(45)23(16(6)39)36-26(43)20(13(2)3)34-25(42)18(12-37)32-24(41)17(9-10-48-7)31-27(44)22(15(5)38)33-19(40)11-30/h13-18,20-23,37-39H,8-12,30H2,1-7H3,(H,31,44)(H,32,41)(H,33,40)(H,34,42)(H,35,45)(H,36,43)(H,46,47)/t14-,15+,16+,17-,18-,20-,21-,22-,23-/m0/s1. The summed E-state index contributed by atoms with van der Waals surface area (Å²) in [4.78, 5) is 88.8. The molecule has 0 aromatic rings. The van der Waals surface area contributed by atoms with E-state index in [0.717, 1.165) is 0 Å². The molecule has 0 bridgehead atoms. The third-order valence-corrected chi connectivity index (χ3v) is 8.06.